The predicted octanol–water partition coefficient (Wildman–Crippen LogP) is 10.4. The van der Waals surface area contributed by atoms with Gasteiger partial charge >= 0.3 is 0 Å². The number of carbonyl (C=O) groups excluding carboxylic acids is 1. The Kier molecular flexibility index (Phi) is 11.1. The highest BCUT2D eigenvalue weighted by molar-refractivity contribution is 7.95. The Balaban J connectivity index is 1.09. The van der Waals surface area contributed by atoms with E-state index in [1.165, 1.54) is 32.6 Å². The molecule has 47 heavy (non-hydrogen) atoms. The number of halogens is 2. The van der Waals surface area contributed by atoms with Gasteiger partial charge in [0.05, 0.1) is 22.2 Å². The fraction of sp³-hybridized carbons (Fsp3) is 0.262. The van der Waals surface area contributed by atoms with Crippen molar-refractivity contribution < 1.29 is 4.79 Å². The van der Waals surface area contributed by atoms with E-state index in [0.717, 1.165) is 44.7 Å². The fourth-order valence-electron chi connectivity index (χ4n) is 7.46. The van der Waals surface area contributed by atoms with Crippen LogP contribution >= 0.6 is 30.5 Å². The zero-order valence-electron chi connectivity index (χ0n) is 27.1. The largest absolute Gasteiger partial charge is 0.339 e. The van der Waals surface area contributed by atoms with Gasteiger partial charge in [-0.2, -0.15) is 0 Å². The molecule has 0 fully saturated rings. The molecule has 0 heterocycles. The van der Waals surface area contributed by atoms with Crippen LogP contribution in [0.25, 0.3) is 0 Å². The molecule has 240 valence electrons. The Bertz CT molecular complexity index is 1670. The molecule has 1 aliphatic carbocycles. The summed E-state index contributed by atoms with van der Waals surface area (Å²) in [5.74, 6) is 0.482. The maximum absolute atomic E-state index is 13.5. The van der Waals surface area contributed by atoms with Crippen LogP contribution < -0.4 is 15.9 Å². The third-order valence-electron chi connectivity index (χ3n) is 9.89. The van der Waals surface area contributed by atoms with E-state index in [2.05, 4.69) is 121 Å². The summed E-state index contributed by atoms with van der Waals surface area (Å²) in [7, 11) is 0.180. The van der Waals surface area contributed by atoms with Crippen molar-refractivity contribution in [1.82, 2.24) is 4.90 Å². The molecular weight excluding hydrogens is 636 g/mol. The summed E-state index contributed by atoms with van der Waals surface area (Å²) >= 11 is 12.6. The first-order valence-corrected chi connectivity index (χ1v) is 19.6. The van der Waals surface area contributed by atoms with E-state index in [4.69, 9.17) is 23.2 Å². The second-order valence-electron chi connectivity index (χ2n) is 12.7. The number of rotatable bonds is 12. The lowest BCUT2D eigenvalue weighted by Crippen LogP contribution is -2.34. The van der Waals surface area contributed by atoms with Gasteiger partial charge in [0.15, 0.2) is 0 Å². The van der Waals surface area contributed by atoms with E-state index in [1.54, 1.807) is 0 Å². The van der Waals surface area contributed by atoms with Gasteiger partial charge < -0.3 is 4.90 Å². The van der Waals surface area contributed by atoms with Gasteiger partial charge in [-0.25, -0.2) is 0 Å². The maximum atomic E-state index is 13.5. The minimum absolute atomic E-state index is 0.0887. The van der Waals surface area contributed by atoms with E-state index in [0.29, 0.717) is 16.5 Å². The molecule has 0 bridgehead atoms. The molecule has 0 N–H and O–H groups in total. The number of amides is 1. The Labute approximate surface area is 291 Å². The molecular formula is C42H43Cl2NOP+. The maximum Gasteiger partial charge on any atom is 0.222 e. The molecule has 0 spiro atoms. The summed E-state index contributed by atoms with van der Waals surface area (Å²) in [6.07, 6.45) is 7.81. The van der Waals surface area contributed by atoms with Crippen LogP contribution in [0.4, 0.5) is 0 Å². The van der Waals surface area contributed by atoms with Crippen molar-refractivity contribution in [2.24, 2.45) is 0 Å². The van der Waals surface area contributed by atoms with Crippen LogP contribution in [0.5, 0.6) is 0 Å². The molecule has 2 atom stereocenters. The molecule has 5 aromatic rings. The first-order chi connectivity index (χ1) is 23.0. The minimum Gasteiger partial charge on any atom is -0.339 e. The minimum atomic E-state index is -1.81. The first kappa shape index (κ1) is 33.5. The van der Waals surface area contributed by atoms with Crippen molar-refractivity contribution >= 4 is 52.3 Å². The molecule has 0 saturated carbocycles. The SMILES string of the molecule is CN(C(=O)CCCCCC[P+](c1ccccc1)(c1ccccc1)c1ccccc1)[C@H]1CC[C@@H](c2ccc(Cl)c(Cl)c2)c2ccccc21. The molecule has 0 saturated heterocycles. The van der Waals surface area contributed by atoms with Crippen molar-refractivity contribution in [1.29, 1.82) is 0 Å². The van der Waals surface area contributed by atoms with Gasteiger partial charge in [0, 0.05) is 19.4 Å². The quantitative estimate of drug-likeness (QED) is 0.0950. The fourth-order valence-corrected chi connectivity index (χ4v) is 12.2. The van der Waals surface area contributed by atoms with E-state index in [1.807, 2.05) is 24.1 Å². The molecule has 0 aliphatic heterocycles. The van der Waals surface area contributed by atoms with Crippen molar-refractivity contribution in [2.45, 2.75) is 56.9 Å². The topological polar surface area (TPSA) is 20.3 Å². The summed E-state index contributed by atoms with van der Waals surface area (Å²) in [5, 5.41) is 5.46. The molecule has 1 amide bonds. The predicted molar refractivity (Wildman–Crippen MR) is 203 cm³/mol. The van der Waals surface area contributed by atoms with Crippen molar-refractivity contribution in [3.8, 4) is 0 Å². The van der Waals surface area contributed by atoms with Crippen LogP contribution in [-0.4, -0.2) is 24.0 Å². The molecule has 5 aromatic carbocycles. The highest BCUT2D eigenvalue weighted by atomic mass is 35.5. The van der Waals surface area contributed by atoms with Gasteiger partial charge in [0.1, 0.15) is 23.2 Å². The summed E-state index contributed by atoms with van der Waals surface area (Å²) in [4.78, 5) is 15.5. The number of fused-ring (bicyclic) bond motifs is 1. The summed E-state index contributed by atoms with van der Waals surface area (Å²) in [5.41, 5.74) is 3.70. The molecule has 1 aliphatic rings. The lowest BCUT2D eigenvalue weighted by atomic mass is 9.76. The smallest absolute Gasteiger partial charge is 0.222 e. The standard InChI is InChI=1S/C42H43Cl2NOP/c1-45(41-29-27-36(37-23-14-15-24-38(37)41)32-26-28-39(43)40(44)31-32)42(46)25-13-2-3-16-30-47(33-17-7-4-8-18-33,34-19-9-5-10-20-34)35-21-11-6-12-22-35/h4-12,14-15,17-24,26,28,31,36,41H,2-3,13,16,25,27,29-30H2,1H3/q+1/t36-,41-/m0/s1. The van der Waals surface area contributed by atoms with Gasteiger partial charge in [-0.3, -0.25) is 4.79 Å². The molecule has 5 heteroatoms. The zero-order valence-corrected chi connectivity index (χ0v) is 29.5. The number of benzene rings is 5. The Morgan fingerprint density at radius 1 is 0.638 bits per heavy atom. The molecule has 0 unspecified atom stereocenters. The monoisotopic (exact) mass is 678 g/mol. The van der Waals surface area contributed by atoms with Gasteiger partial charge in [0.2, 0.25) is 5.91 Å². The molecule has 6 rings (SSSR count). The molecule has 0 aromatic heterocycles. The number of carbonyl (C=O) groups is 1. The van der Waals surface area contributed by atoms with E-state index >= 15 is 0 Å². The zero-order chi connectivity index (χ0) is 32.6. The Morgan fingerprint density at radius 2 is 1.17 bits per heavy atom. The second-order valence-corrected chi connectivity index (χ2v) is 17.1. The molecule has 2 nitrogen and oxygen atoms in total. The normalized spacial score (nSPS) is 16.0. The third-order valence-corrected chi connectivity index (χ3v) is 15.2. The highest BCUT2D eigenvalue weighted by Crippen LogP contribution is 2.56. The average molecular weight is 680 g/mol. The van der Waals surface area contributed by atoms with Crippen molar-refractivity contribution in [2.75, 3.05) is 13.2 Å². The van der Waals surface area contributed by atoms with Crippen LogP contribution in [0.3, 0.4) is 0 Å². The van der Waals surface area contributed by atoms with Gasteiger partial charge in [-0.05, 0) is 97.3 Å². The van der Waals surface area contributed by atoms with Crippen LogP contribution in [0.1, 0.15) is 73.6 Å². The van der Waals surface area contributed by atoms with E-state index in [9.17, 15) is 4.79 Å². The summed E-state index contributed by atoms with van der Waals surface area (Å²) in [6, 6.07) is 47.9. The van der Waals surface area contributed by atoms with E-state index in [-0.39, 0.29) is 17.9 Å². The van der Waals surface area contributed by atoms with Crippen LogP contribution in [0, 0.1) is 0 Å². The number of unbranched alkanes of at least 4 members (excludes halogenated alkanes) is 3. The van der Waals surface area contributed by atoms with Crippen molar-refractivity contribution in [3.05, 3.63) is 160 Å². The molecule has 0 radical (unpaired) electrons. The second kappa shape index (κ2) is 15.7. The van der Waals surface area contributed by atoms with Crippen LogP contribution in [-0.2, 0) is 4.79 Å². The van der Waals surface area contributed by atoms with Gasteiger partial charge in [-0.1, -0.05) is 115 Å². The number of nitrogens with zero attached hydrogens (tertiary/aromatic N) is 1. The van der Waals surface area contributed by atoms with Gasteiger partial charge in [-0.15, -0.1) is 0 Å². The van der Waals surface area contributed by atoms with Crippen LogP contribution in [0.2, 0.25) is 10.0 Å². The lowest BCUT2D eigenvalue weighted by Gasteiger charge is -2.37. The number of hydrogen-bond acceptors (Lipinski definition) is 1. The Hall–Kier alpha value is -3.42. The lowest BCUT2D eigenvalue weighted by molar-refractivity contribution is -0.132. The summed E-state index contributed by atoms with van der Waals surface area (Å²) in [6.45, 7) is 0. The van der Waals surface area contributed by atoms with Crippen molar-refractivity contribution in [3.63, 3.8) is 0 Å². The van der Waals surface area contributed by atoms with Gasteiger partial charge in [0.25, 0.3) is 0 Å². The van der Waals surface area contributed by atoms with Crippen LogP contribution in [0.15, 0.2) is 133 Å². The number of hydrogen-bond donors (Lipinski definition) is 0. The highest BCUT2D eigenvalue weighted by Gasteiger charge is 2.44. The first-order valence-electron chi connectivity index (χ1n) is 16.8. The Morgan fingerprint density at radius 3 is 1.74 bits per heavy atom. The average Bonchev–Trinajstić information content (AvgIpc) is 3.13. The van der Waals surface area contributed by atoms with E-state index < -0.39 is 7.26 Å². The summed E-state index contributed by atoms with van der Waals surface area (Å²) < 4.78 is 0. The third kappa shape index (κ3) is 7.36.